The van der Waals surface area contributed by atoms with Gasteiger partial charge in [0.1, 0.15) is 12.2 Å². The van der Waals surface area contributed by atoms with Gasteiger partial charge in [0.2, 0.25) is 10.0 Å². The number of aromatic amines is 1. The van der Waals surface area contributed by atoms with Crippen molar-refractivity contribution in [2.75, 3.05) is 7.05 Å². The molecule has 1 heterocycles. The van der Waals surface area contributed by atoms with E-state index in [-0.39, 0.29) is 11.4 Å². The fraction of sp³-hybridized carbons (Fsp3) is 0.273. The summed E-state index contributed by atoms with van der Waals surface area (Å²) in [6, 6.07) is 4.68. The van der Waals surface area contributed by atoms with Gasteiger partial charge in [0.05, 0.1) is 11.4 Å². The van der Waals surface area contributed by atoms with Crippen LogP contribution in [0.2, 0.25) is 5.02 Å². The molecule has 0 aliphatic rings. The number of aromatic nitrogens is 3. The second-order valence-electron chi connectivity index (χ2n) is 4.10. The summed E-state index contributed by atoms with van der Waals surface area (Å²) < 4.78 is 26.0. The van der Waals surface area contributed by atoms with Crippen LogP contribution in [-0.4, -0.2) is 35.0 Å². The van der Waals surface area contributed by atoms with E-state index in [9.17, 15) is 8.42 Å². The second kappa shape index (κ2) is 5.28. The number of aryl methyl sites for hydroxylation is 1. The molecule has 1 aromatic heterocycles. The number of benzene rings is 1. The predicted octanol–water partition coefficient (Wildman–Crippen LogP) is 1.59. The minimum Gasteiger partial charge on any atom is -0.262 e. The van der Waals surface area contributed by atoms with E-state index in [4.69, 9.17) is 11.6 Å². The zero-order chi connectivity index (χ0) is 14.0. The average Bonchev–Trinajstić information content (AvgIpc) is 2.81. The van der Waals surface area contributed by atoms with Crippen LogP contribution >= 0.6 is 11.6 Å². The fourth-order valence-electron chi connectivity index (χ4n) is 1.67. The van der Waals surface area contributed by atoms with Gasteiger partial charge in [-0.05, 0) is 30.7 Å². The highest BCUT2D eigenvalue weighted by Gasteiger charge is 2.23. The van der Waals surface area contributed by atoms with Crippen LogP contribution in [0.5, 0.6) is 0 Å². The number of halogens is 1. The number of H-pyrrole nitrogens is 1. The first-order valence-corrected chi connectivity index (χ1v) is 7.30. The first-order valence-electron chi connectivity index (χ1n) is 5.48. The number of rotatable bonds is 4. The molecular formula is C11H13ClN4O2S. The van der Waals surface area contributed by atoms with Crippen molar-refractivity contribution in [1.29, 1.82) is 0 Å². The van der Waals surface area contributed by atoms with E-state index in [1.165, 1.54) is 23.7 Å². The lowest BCUT2D eigenvalue weighted by atomic mass is 10.2. The lowest BCUT2D eigenvalue weighted by Gasteiger charge is -2.17. The van der Waals surface area contributed by atoms with E-state index >= 15 is 0 Å². The molecule has 8 heteroatoms. The van der Waals surface area contributed by atoms with E-state index in [1.807, 2.05) is 0 Å². The number of sulfonamides is 1. The molecule has 0 atom stereocenters. The van der Waals surface area contributed by atoms with Gasteiger partial charge in [-0.25, -0.2) is 13.4 Å². The lowest BCUT2D eigenvalue weighted by molar-refractivity contribution is 0.457. The molecular weight excluding hydrogens is 288 g/mol. The van der Waals surface area contributed by atoms with Crippen LogP contribution in [0, 0.1) is 6.92 Å². The summed E-state index contributed by atoms with van der Waals surface area (Å²) in [6.07, 6.45) is 1.34. The Bertz CT molecular complexity index is 670. The molecule has 0 radical (unpaired) electrons. The molecule has 6 nitrogen and oxygen atoms in total. The Kier molecular flexibility index (Phi) is 3.88. The molecule has 19 heavy (non-hydrogen) atoms. The van der Waals surface area contributed by atoms with E-state index in [1.54, 1.807) is 19.1 Å². The number of nitrogens with zero attached hydrogens (tertiary/aromatic N) is 3. The van der Waals surface area contributed by atoms with Crippen molar-refractivity contribution in [1.82, 2.24) is 19.5 Å². The highest BCUT2D eigenvalue weighted by atomic mass is 35.5. The van der Waals surface area contributed by atoms with E-state index in [2.05, 4.69) is 15.2 Å². The fourth-order valence-corrected chi connectivity index (χ4v) is 3.23. The van der Waals surface area contributed by atoms with Crippen molar-refractivity contribution in [3.63, 3.8) is 0 Å². The van der Waals surface area contributed by atoms with Crippen LogP contribution in [-0.2, 0) is 16.6 Å². The van der Waals surface area contributed by atoms with E-state index < -0.39 is 10.0 Å². The first-order chi connectivity index (χ1) is 8.91. The molecule has 0 unspecified atom stereocenters. The molecule has 2 aromatic rings. The van der Waals surface area contributed by atoms with Gasteiger partial charge in [0.15, 0.2) is 0 Å². The minimum atomic E-state index is -3.58. The SMILES string of the molecule is Cc1cc(Cl)ccc1S(=O)(=O)N(C)Cc1ncn[nH]1. The summed E-state index contributed by atoms with van der Waals surface area (Å²) in [5.74, 6) is 0.484. The Morgan fingerprint density at radius 1 is 1.42 bits per heavy atom. The number of nitrogens with one attached hydrogen (secondary N) is 1. The van der Waals surface area contributed by atoms with Crippen molar-refractivity contribution in [3.8, 4) is 0 Å². The zero-order valence-electron chi connectivity index (χ0n) is 10.5. The molecule has 0 saturated heterocycles. The largest absolute Gasteiger partial charge is 0.262 e. The Balaban J connectivity index is 2.31. The third kappa shape index (κ3) is 2.94. The molecule has 0 fully saturated rings. The maximum atomic E-state index is 12.4. The zero-order valence-corrected chi connectivity index (χ0v) is 12.0. The Morgan fingerprint density at radius 2 is 2.16 bits per heavy atom. The average molecular weight is 301 g/mol. The summed E-state index contributed by atoms with van der Waals surface area (Å²) in [4.78, 5) is 4.14. The molecule has 0 amide bonds. The van der Waals surface area contributed by atoms with Crippen molar-refractivity contribution < 1.29 is 8.42 Å². The standard InChI is InChI=1S/C11H13ClN4O2S/c1-8-5-9(12)3-4-10(8)19(17,18)16(2)6-11-13-7-14-15-11/h3-5,7H,6H2,1-2H3,(H,13,14,15). The smallest absolute Gasteiger partial charge is 0.243 e. The molecule has 0 aliphatic heterocycles. The Labute approximate surface area is 116 Å². The second-order valence-corrected chi connectivity index (χ2v) is 6.55. The molecule has 0 saturated carbocycles. The summed E-state index contributed by atoms with van der Waals surface area (Å²) in [7, 11) is -2.08. The maximum absolute atomic E-state index is 12.4. The monoisotopic (exact) mass is 300 g/mol. The number of hydrogen-bond acceptors (Lipinski definition) is 4. The quantitative estimate of drug-likeness (QED) is 0.930. The van der Waals surface area contributed by atoms with Crippen LogP contribution in [0.15, 0.2) is 29.4 Å². The minimum absolute atomic E-state index is 0.129. The van der Waals surface area contributed by atoms with Gasteiger partial charge in [0.25, 0.3) is 0 Å². The number of hydrogen-bond donors (Lipinski definition) is 1. The third-order valence-electron chi connectivity index (χ3n) is 2.66. The molecule has 102 valence electrons. The molecule has 0 spiro atoms. The molecule has 1 aromatic carbocycles. The topological polar surface area (TPSA) is 79.0 Å². The van der Waals surface area contributed by atoms with Crippen molar-refractivity contribution in [2.24, 2.45) is 0 Å². The Hall–Kier alpha value is -1.44. The van der Waals surface area contributed by atoms with E-state index in [0.717, 1.165) is 0 Å². The normalized spacial score (nSPS) is 12.0. The molecule has 2 rings (SSSR count). The summed E-state index contributed by atoms with van der Waals surface area (Å²) >= 11 is 5.83. The lowest BCUT2D eigenvalue weighted by Crippen LogP contribution is -2.27. The van der Waals surface area contributed by atoms with Crippen LogP contribution in [0.4, 0.5) is 0 Å². The first kappa shape index (κ1) is 14.0. The molecule has 0 aliphatic carbocycles. The van der Waals surface area contributed by atoms with Crippen LogP contribution in [0.3, 0.4) is 0 Å². The van der Waals surface area contributed by atoms with Gasteiger partial charge < -0.3 is 0 Å². The molecule has 1 N–H and O–H groups in total. The van der Waals surface area contributed by atoms with Gasteiger partial charge >= 0.3 is 0 Å². The van der Waals surface area contributed by atoms with Crippen LogP contribution in [0.25, 0.3) is 0 Å². The van der Waals surface area contributed by atoms with Crippen molar-refractivity contribution in [2.45, 2.75) is 18.4 Å². The van der Waals surface area contributed by atoms with Crippen molar-refractivity contribution in [3.05, 3.63) is 40.9 Å². The van der Waals surface area contributed by atoms with Crippen LogP contribution < -0.4 is 0 Å². The van der Waals surface area contributed by atoms with Crippen LogP contribution in [0.1, 0.15) is 11.4 Å². The Morgan fingerprint density at radius 3 is 2.74 bits per heavy atom. The van der Waals surface area contributed by atoms with Gasteiger partial charge in [-0.15, -0.1) is 0 Å². The van der Waals surface area contributed by atoms with E-state index in [0.29, 0.717) is 16.4 Å². The van der Waals surface area contributed by atoms with Gasteiger partial charge in [0, 0.05) is 12.1 Å². The summed E-state index contributed by atoms with van der Waals surface area (Å²) in [5.41, 5.74) is 0.608. The summed E-state index contributed by atoms with van der Waals surface area (Å²) in [6.45, 7) is 1.84. The van der Waals surface area contributed by atoms with Gasteiger partial charge in [-0.1, -0.05) is 11.6 Å². The van der Waals surface area contributed by atoms with Gasteiger partial charge in [-0.2, -0.15) is 9.40 Å². The highest BCUT2D eigenvalue weighted by Crippen LogP contribution is 2.22. The molecule has 0 bridgehead atoms. The van der Waals surface area contributed by atoms with Crippen molar-refractivity contribution >= 4 is 21.6 Å². The summed E-state index contributed by atoms with van der Waals surface area (Å²) in [5, 5.41) is 6.82. The van der Waals surface area contributed by atoms with Gasteiger partial charge in [-0.3, -0.25) is 5.10 Å². The maximum Gasteiger partial charge on any atom is 0.243 e. The predicted molar refractivity (Wildman–Crippen MR) is 71.2 cm³/mol. The third-order valence-corrected chi connectivity index (χ3v) is 4.86. The highest BCUT2D eigenvalue weighted by molar-refractivity contribution is 7.89.